The van der Waals surface area contributed by atoms with Crippen LogP contribution in [0.2, 0.25) is 0 Å². The number of carbonyl (C=O) groups excluding carboxylic acids is 2. The average Bonchev–Trinajstić information content (AvgIpc) is 3.04. The van der Waals surface area contributed by atoms with Gasteiger partial charge in [-0.3, -0.25) is 14.9 Å². The Bertz CT molecular complexity index is 1020. The molecule has 0 saturated carbocycles. The van der Waals surface area contributed by atoms with Gasteiger partial charge < -0.3 is 9.88 Å². The summed E-state index contributed by atoms with van der Waals surface area (Å²) in [5.74, 6) is -0.461. The fourth-order valence-corrected chi connectivity index (χ4v) is 3.29. The van der Waals surface area contributed by atoms with Crippen LogP contribution in [0.15, 0.2) is 46.7 Å². The molecule has 2 heterocycles. The number of nitrogens with zero attached hydrogens (tertiary/aromatic N) is 1. The highest BCUT2D eigenvalue weighted by molar-refractivity contribution is 7.17. The highest BCUT2D eigenvalue weighted by Gasteiger charge is 2.11. The van der Waals surface area contributed by atoms with Gasteiger partial charge in [-0.05, 0) is 48.6 Å². The van der Waals surface area contributed by atoms with E-state index in [0.717, 1.165) is 11.1 Å². The van der Waals surface area contributed by atoms with Crippen LogP contribution >= 0.6 is 11.3 Å². The molecule has 2 N–H and O–H groups in total. The van der Waals surface area contributed by atoms with Gasteiger partial charge >= 0.3 is 6.03 Å². The third-order valence-corrected chi connectivity index (χ3v) is 4.83. The van der Waals surface area contributed by atoms with E-state index in [4.69, 9.17) is 0 Å². The molecular weight excluding hydrogens is 338 g/mol. The van der Waals surface area contributed by atoms with E-state index in [1.807, 2.05) is 26.0 Å². The fourth-order valence-electron chi connectivity index (χ4n) is 2.47. The number of imide groups is 1. The van der Waals surface area contributed by atoms with Crippen molar-refractivity contribution in [2.75, 3.05) is 5.32 Å². The molecule has 3 rings (SSSR count). The molecule has 0 aliphatic carbocycles. The molecule has 0 fully saturated rings. The van der Waals surface area contributed by atoms with Crippen LogP contribution in [-0.2, 0) is 11.3 Å². The lowest BCUT2D eigenvalue weighted by Crippen LogP contribution is -2.36. The minimum Gasteiger partial charge on any atom is -0.337 e. The molecular formula is C18H17N3O3S. The number of anilines is 1. The number of carbonyl (C=O) groups is 2. The Morgan fingerprint density at radius 3 is 2.68 bits per heavy atom. The van der Waals surface area contributed by atoms with Crippen LogP contribution in [0.4, 0.5) is 10.5 Å². The molecule has 0 spiro atoms. The lowest BCUT2D eigenvalue weighted by molar-refractivity contribution is -0.120. The summed E-state index contributed by atoms with van der Waals surface area (Å²) in [5, 5.41) is 6.74. The Morgan fingerprint density at radius 2 is 1.92 bits per heavy atom. The zero-order chi connectivity index (χ0) is 18.0. The van der Waals surface area contributed by atoms with E-state index >= 15 is 0 Å². The van der Waals surface area contributed by atoms with Crippen LogP contribution in [0, 0.1) is 13.8 Å². The van der Waals surface area contributed by atoms with Crippen molar-refractivity contribution in [1.82, 2.24) is 9.88 Å². The Kier molecular flexibility index (Phi) is 4.67. The summed E-state index contributed by atoms with van der Waals surface area (Å²) in [4.78, 5) is 35.8. The van der Waals surface area contributed by atoms with Gasteiger partial charge in [-0.1, -0.05) is 6.07 Å². The predicted molar refractivity (Wildman–Crippen MR) is 99.2 cm³/mol. The van der Waals surface area contributed by atoms with Gasteiger partial charge in [0.2, 0.25) is 5.91 Å². The summed E-state index contributed by atoms with van der Waals surface area (Å²) in [6, 6.07) is 8.14. The number of rotatable bonds is 3. The van der Waals surface area contributed by atoms with Crippen molar-refractivity contribution >= 4 is 39.2 Å². The topological polar surface area (TPSA) is 80.2 Å². The quantitative estimate of drug-likeness (QED) is 0.758. The minimum absolute atomic E-state index is 0.0478. The van der Waals surface area contributed by atoms with E-state index in [9.17, 15) is 14.4 Å². The maximum atomic E-state index is 12.1. The van der Waals surface area contributed by atoms with Crippen LogP contribution in [0.5, 0.6) is 0 Å². The highest BCUT2D eigenvalue weighted by atomic mass is 32.1. The molecule has 6 nitrogen and oxygen atoms in total. The standard InChI is InChI=1S/C18H17N3O3S/c1-11-3-4-13(9-12(11)2)19-18(24)20-16(23)10-21-7-5-15(22)17-14(21)6-8-25-17/h3-9H,10H2,1-2H3,(H2,19,20,23,24). The van der Waals surface area contributed by atoms with Crippen LogP contribution in [0.3, 0.4) is 0 Å². The summed E-state index contributed by atoms with van der Waals surface area (Å²) in [6.07, 6.45) is 1.55. The molecule has 0 atom stereocenters. The maximum absolute atomic E-state index is 12.1. The lowest BCUT2D eigenvalue weighted by atomic mass is 10.1. The summed E-state index contributed by atoms with van der Waals surface area (Å²) in [5.41, 5.74) is 3.41. The number of aryl methyl sites for hydroxylation is 2. The van der Waals surface area contributed by atoms with Gasteiger partial charge in [0, 0.05) is 18.0 Å². The van der Waals surface area contributed by atoms with Crippen LogP contribution in [-0.4, -0.2) is 16.5 Å². The molecule has 0 aliphatic heterocycles. The molecule has 2 aromatic heterocycles. The minimum atomic E-state index is -0.587. The molecule has 0 saturated heterocycles. The summed E-state index contributed by atoms with van der Waals surface area (Å²) < 4.78 is 2.24. The summed E-state index contributed by atoms with van der Waals surface area (Å²) in [6.45, 7) is 3.89. The number of benzene rings is 1. The van der Waals surface area contributed by atoms with Crippen LogP contribution < -0.4 is 16.1 Å². The number of amides is 3. The number of nitrogens with one attached hydrogen (secondary N) is 2. The first-order valence-corrected chi connectivity index (χ1v) is 8.57. The van der Waals surface area contributed by atoms with Gasteiger partial charge in [0.25, 0.3) is 0 Å². The average molecular weight is 355 g/mol. The van der Waals surface area contributed by atoms with E-state index < -0.39 is 11.9 Å². The molecule has 3 aromatic rings. The second-order valence-corrected chi connectivity index (χ2v) is 6.66. The molecule has 1 aromatic carbocycles. The molecule has 0 bridgehead atoms. The Labute approximate surface area is 148 Å². The summed E-state index contributed by atoms with van der Waals surface area (Å²) in [7, 11) is 0. The van der Waals surface area contributed by atoms with Crippen molar-refractivity contribution in [1.29, 1.82) is 0 Å². The smallest absolute Gasteiger partial charge is 0.325 e. The van der Waals surface area contributed by atoms with Crippen molar-refractivity contribution in [3.05, 3.63) is 63.3 Å². The van der Waals surface area contributed by atoms with Crippen molar-refractivity contribution in [3.8, 4) is 0 Å². The van der Waals surface area contributed by atoms with Gasteiger partial charge in [0.15, 0.2) is 5.43 Å². The van der Waals surface area contributed by atoms with Crippen LogP contribution in [0.1, 0.15) is 11.1 Å². The molecule has 128 valence electrons. The Balaban J connectivity index is 1.66. The Morgan fingerprint density at radius 1 is 1.12 bits per heavy atom. The fraction of sp³-hybridized carbons (Fsp3) is 0.167. The van der Waals surface area contributed by atoms with E-state index in [0.29, 0.717) is 15.9 Å². The van der Waals surface area contributed by atoms with Crippen LogP contribution in [0.25, 0.3) is 10.2 Å². The van der Waals surface area contributed by atoms with Gasteiger partial charge in [-0.25, -0.2) is 4.79 Å². The van der Waals surface area contributed by atoms with Gasteiger partial charge in [0.05, 0.1) is 10.2 Å². The van der Waals surface area contributed by atoms with Gasteiger partial charge in [-0.2, -0.15) is 0 Å². The molecule has 7 heteroatoms. The third kappa shape index (κ3) is 3.77. The number of hydrogen-bond acceptors (Lipinski definition) is 4. The number of thiophene rings is 1. The monoisotopic (exact) mass is 355 g/mol. The van der Waals surface area contributed by atoms with E-state index in [2.05, 4.69) is 10.6 Å². The molecule has 0 aliphatic rings. The van der Waals surface area contributed by atoms with E-state index in [1.165, 1.54) is 17.4 Å². The highest BCUT2D eigenvalue weighted by Crippen LogP contribution is 2.16. The van der Waals surface area contributed by atoms with E-state index in [-0.39, 0.29) is 12.0 Å². The maximum Gasteiger partial charge on any atom is 0.325 e. The Hall–Kier alpha value is -2.93. The second kappa shape index (κ2) is 6.90. The van der Waals surface area contributed by atoms with E-state index in [1.54, 1.807) is 28.3 Å². The third-order valence-electron chi connectivity index (χ3n) is 3.92. The zero-order valence-electron chi connectivity index (χ0n) is 13.8. The molecule has 25 heavy (non-hydrogen) atoms. The van der Waals surface area contributed by atoms with Gasteiger partial charge in [0.1, 0.15) is 6.54 Å². The molecule has 0 unspecified atom stereocenters. The first-order chi connectivity index (χ1) is 11.9. The molecule has 3 amide bonds. The van der Waals surface area contributed by atoms with Gasteiger partial charge in [-0.15, -0.1) is 11.3 Å². The second-order valence-electron chi connectivity index (χ2n) is 5.74. The van der Waals surface area contributed by atoms with Crippen molar-refractivity contribution in [3.63, 3.8) is 0 Å². The zero-order valence-corrected chi connectivity index (χ0v) is 14.6. The number of fused-ring (bicyclic) bond motifs is 1. The number of aromatic nitrogens is 1. The normalized spacial score (nSPS) is 10.6. The largest absolute Gasteiger partial charge is 0.337 e. The van der Waals surface area contributed by atoms with Crippen molar-refractivity contribution in [2.45, 2.75) is 20.4 Å². The van der Waals surface area contributed by atoms with Crippen molar-refractivity contribution < 1.29 is 9.59 Å². The number of pyridine rings is 1. The first kappa shape index (κ1) is 16.9. The lowest BCUT2D eigenvalue weighted by Gasteiger charge is -2.10. The number of urea groups is 1. The predicted octanol–water partition coefficient (Wildman–Crippen LogP) is 3.03. The SMILES string of the molecule is Cc1ccc(NC(=O)NC(=O)Cn2ccc(=O)c3sccc32)cc1C. The van der Waals surface area contributed by atoms with Crippen molar-refractivity contribution in [2.24, 2.45) is 0 Å². The number of hydrogen-bond donors (Lipinski definition) is 2. The summed E-state index contributed by atoms with van der Waals surface area (Å²) >= 11 is 1.33. The first-order valence-electron chi connectivity index (χ1n) is 7.69. The molecule has 0 radical (unpaired) electrons.